The van der Waals surface area contributed by atoms with Crippen LogP contribution in [0.2, 0.25) is 0 Å². The van der Waals surface area contributed by atoms with Gasteiger partial charge in [0.15, 0.2) is 11.6 Å². The minimum Gasteiger partial charge on any atom is -0.371 e. The Kier molecular flexibility index (Phi) is 4.29. The number of anilines is 1. The number of rotatable bonds is 4. The molecule has 7 heteroatoms. The molecule has 0 aliphatic rings. The molecule has 0 saturated heterocycles. The van der Waals surface area contributed by atoms with Gasteiger partial charge >= 0.3 is 0 Å². The number of aryl methyl sites for hydroxylation is 1. The Morgan fingerprint density at radius 2 is 2.25 bits per heavy atom. The summed E-state index contributed by atoms with van der Waals surface area (Å²) in [7, 11) is 1.55. The topological polar surface area (TPSA) is 66.9 Å². The summed E-state index contributed by atoms with van der Waals surface area (Å²) in [5, 5.41) is 8.03. The second kappa shape index (κ2) is 5.96. The Bertz CT molecular complexity index is 629. The third-order valence-corrected chi connectivity index (χ3v) is 3.87. The first-order chi connectivity index (χ1) is 9.52. The van der Waals surface area contributed by atoms with Crippen LogP contribution in [0.1, 0.15) is 34.0 Å². The number of carbonyl (C=O) groups is 1. The Hall–Kier alpha value is -2.02. The number of thiazole rings is 1. The van der Waals surface area contributed by atoms with Crippen LogP contribution in [0.4, 0.5) is 10.2 Å². The minimum atomic E-state index is -0.657. The fourth-order valence-corrected chi connectivity index (χ4v) is 2.50. The van der Waals surface area contributed by atoms with Crippen molar-refractivity contribution >= 4 is 23.1 Å². The summed E-state index contributed by atoms with van der Waals surface area (Å²) in [5.74, 6) is -1.09. The predicted octanol–water partition coefficient (Wildman–Crippen LogP) is 2.52. The molecule has 1 atom stereocenters. The number of nitrogens with one attached hydrogen (secondary N) is 2. The predicted molar refractivity (Wildman–Crippen MR) is 76.5 cm³/mol. The first-order valence-corrected chi connectivity index (χ1v) is 6.96. The summed E-state index contributed by atoms with van der Waals surface area (Å²) in [6.07, 6.45) is 1.39. The largest absolute Gasteiger partial charge is 0.371 e. The van der Waals surface area contributed by atoms with Crippen LogP contribution in [-0.4, -0.2) is 22.9 Å². The zero-order valence-electron chi connectivity index (χ0n) is 11.4. The zero-order valence-corrected chi connectivity index (χ0v) is 12.2. The lowest BCUT2D eigenvalue weighted by Gasteiger charge is -2.12. The average Bonchev–Trinajstić information content (AvgIpc) is 2.85. The molecule has 2 rings (SSSR count). The molecule has 0 saturated carbocycles. The van der Waals surface area contributed by atoms with Crippen LogP contribution >= 0.6 is 11.3 Å². The highest BCUT2D eigenvalue weighted by atomic mass is 32.1. The van der Waals surface area contributed by atoms with E-state index in [1.165, 1.54) is 23.6 Å². The number of halogens is 1. The van der Waals surface area contributed by atoms with Crippen molar-refractivity contribution in [3.05, 3.63) is 39.7 Å². The number of amides is 1. The molecule has 0 aromatic carbocycles. The van der Waals surface area contributed by atoms with E-state index in [-0.39, 0.29) is 17.4 Å². The van der Waals surface area contributed by atoms with Crippen molar-refractivity contribution < 1.29 is 9.18 Å². The molecule has 1 unspecified atom stereocenters. The summed E-state index contributed by atoms with van der Waals surface area (Å²) in [4.78, 5) is 20.2. The van der Waals surface area contributed by atoms with E-state index in [1.54, 1.807) is 7.05 Å². The van der Waals surface area contributed by atoms with Gasteiger partial charge in [0.2, 0.25) is 0 Å². The Balaban J connectivity index is 2.16. The van der Waals surface area contributed by atoms with Crippen molar-refractivity contribution in [1.82, 2.24) is 15.3 Å². The molecule has 2 aromatic rings. The molecular formula is C13H15FN4OS. The van der Waals surface area contributed by atoms with E-state index in [9.17, 15) is 9.18 Å². The molecule has 2 aromatic heterocycles. The third-order valence-electron chi connectivity index (χ3n) is 2.73. The van der Waals surface area contributed by atoms with Crippen LogP contribution < -0.4 is 10.6 Å². The number of carbonyl (C=O) groups excluding carboxylic acids is 1. The van der Waals surface area contributed by atoms with Crippen LogP contribution in [-0.2, 0) is 0 Å². The van der Waals surface area contributed by atoms with Crippen LogP contribution in [0.5, 0.6) is 0 Å². The smallest absolute Gasteiger partial charge is 0.255 e. The highest BCUT2D eigenvalue weighted by molar-refractivity contribution is 7.09. The molecule has 5 nitrogen and oxygen atoms in total. The lowest BCUT2D eigenvalue weighted by molar-refractivity contribution is 0.0935. The van der Waals surface area contributed by atoms with Crippen LogP contribution in [0.3, 0.4) is 0 Å². The summed E-state index contributed by atoms with van der Waals surface area (Å²) < 4.78 is 14.0. The van der Waals surface area contributed by atoms with E-state index in [0.29, 0.717) is 0 Å². The van der Waals surface area contributed by atoms with Gasteiger partial charge in [-0.3, -0.25) is 4.79 Å². The van der Waals surface area contributed by atoms with Gasteiger partial charge < -0.3 is 10.6 Å². The normalized spacial score (nSPS) is 12.0. The molecule has 0 spiro atoms. The lowest BCUT2D eigenvalue weighted by Crippen LogP contribution is -2.27. The lowest BCUT2D eigenvalue weighted by atomic mass is 10.2. The van der Waals surface area contributed by atoms with Gasteiger partial charge in [-0.15, -0.1) is 11.3 Å². The van der Waals surface area contributed by atoms with Crippen molar-refractivity contribution in [1.29, 1.82) is 0 Å². The Morgan fingerprint density at radius 1 is 1.50 bits per heavy atom. The van der Waals surface area contributed by atoms with Crippen molar-refractivity contribution in [2.75, 3.05) is 12.4 Å². The molecule has 2 heterocycles. The van der Waals surface area contributed by atoms with Crippen molar-refractivity contribution in [3.63, 3.8) is 0 Å². The maximum Gasteiger partial charge on any atom is 0.255 e. The van der Waals surface area contributed by atoms with E-state index >= 15 is 0 Å². The molecule has 0 fully saturated rings. The molecule has 20 heavy (non-hydrogen) atoms. The molecule has 2 N–H and O–H groups in total. The number of aromatic nitrogens is 2. The van der Waals surface area contributed by atoms with Crippen molar-refractivity contribution in [2.45, 2.75) is 19.9 Å². The minimum absolute atomic E-state index is 0.0375. The van der Waals surface area contributed by atoms with Crippen LogP contribution in [0.25, 0.3) is 0 Å². The highest BCUT2D eigenvalue weighted by Crippen LogP contribution is 2.19. The fraction of sp³-hybridized carbons (Fsp3) is 0.308. The van der Waals surface area contributed by atoms with Gasteiger partial charge in [-0.25, -0.2) is 14.4 Å². The summed E-state index contributed by atoms with van der Waals surface area (Å²) in [6, 6.07) is 1.08. The highest BCUT2D eigenvalue weighted by Gasteiger charge is 2.19. The first kappa shape index (κ1) is 14.4. The summed E-state index contributed by atoms with van der Waals surface area (Å²) >= 11 is 1.46. The number of hydrogen-bond donors (Lipinski definition) is 2. The Morgan fingerprint density at radius 3 is 2.85 bits per heavy atom. The van der Waals surface area contributed by atoms with Crippen molar-refractivity contribution in [2.24, 2.45) is 0 Å². The van der Waals surface area contributed by atoms with Gasteiger partial charge in [0, 0.05) is 24.3 Å². The van der Waals surface area contributed by atoms with Gasteiger partial charge in [-0.05, 0) is 19.9 Å². The summed E-state index contributed by atoms with van der Waals surface area (Å²) in [6.45, 7) is 3.70. The van der Waals surface area contributed by atoms with Gasteiger partial charge in [0.05, 0.1) is 11.6 Å². The molecule has 1 amide bonds. The first-order valence-electron chi connectivity index (χ1n) is 6.08. The van der Waals surface area contributed by atoms with E-state index < -0.39 is 11.7 Å². The molecule has 106 valence electrons. The number of pyridine rings is 1. The maximum absolute atomic E-state index is 14.0. The molecule has 0 aliphatic carbocycles. The molecule has 0 radical (unpaired) electrons. The van der Waals surface area contributed by atoms with Gasteiger partial charge in [0.1, 0.15) is 5.01 Å². The van der Waals surface area contributed by atoms with Gasteiger partial charge in [-0.1, -0.05) is 0 Å². The van der Waals surface area contributed by atoms with Crippen molar-refractivity contribution in [3.8, 4) is 0 Å². The standard InChI is InChI=1S/C13H15FN4OS/c1-7-6-20-13(17-7)8(2)18-12(19)9-4-5-16-11(15-3)10(9)14/h4-6,8H,1-3H3,(H,15,16)(H,18,19). The van der Waals surface area contributed by atoms with E-state index in [0.717, 1.165) is 10.7 Å². The molecule has 0 aliphatic heterocycles. The Labute approximate surface area is 120 Å². The number of nitrogens with zero attached hydrogens (tertiary/aromatic N) is 2. The molecule has 0 bridgehead atoms. The van der Waals surface area contributed by atoms with Gasteiger partial charge in [-0.2, -0.15) is 0 Å². The molecular weight excluding hydrogens is 279 g/mol. The SMILES string of the molecule is CNc1nccc(C(=O)NC(C)c2nc(C)cs2)c1F. The van der Waals surface area contributed by atoms with E-state index in [1.807, 2.05) is 19.2 Å². The fourth-order valence-electron chi connectivity index (χ4n) is 1.70. The quantitative estimate of drug-likeness (QED) is 0.909. The van der Waals surface area contributed by atoms with Crippen LogP contribution in [0, 0.1) is 12.7 Å². The average molecular weight is 294 g/mol. The monoisotopic (exact) mass is 294 g/mol. The third kappa shape index (κ3) is 2.93. The summed E-state index contributed by atoms with van der Waals surface area (Å²) in [5.41, 5.74) is 0.864. The maximum atomic E-state index is 14.0. The van der Waals surface area contributed by atoms with E-state index in [4.69, 9.17) is 0 Å². The van der Waals surface area contributed by atoms with E-state index in [2.05, 4.69) is 20.6 Å². The second-order valence-electron chi connectivity index (χ2n) is 4.29. The number of hydrogen-bond acceptors (Lipinski definition) is 5. The van der Waals surface area contributed by atoms with Crippen LogP contribution in [0.15, 0.2) is 17.6 Å². The second-order valence-corrected chi connectivity index (χ2v) is 5.18. The zero-order chi connectivity index (χ0) is 14.7. The van der Waals surface area contributed by atoms with Gasteiger partial charge in [0.25, 0.3) is 5.91 Å².